The van der Waals surface area contributed by atoms with Crippen LogP contribution in [0.4, 0.5) is 37.0 Å². The summed E-state index contributed by atoms with van der Waals surface area (Å²) >= 11 is 0. The summed E-state index contributed by atoms with van der Waals surface area (Å²) in [6, 6.07) is 12.4. The summed E-state index contributed by atoms with van der Waals surface area (Å²) in [5, 5.41) is 21.9. The number of ether oxygens (including phenoxy) is 1. The number of non-ortho nitro benzene ring substituents is 1. The molecule has 4 aromatic rings. The fourth-order valence-electron chi connectivity index (χ4n) is 3.18. The van der Waals surface area contributed by atoms with Crippen LogP contribution in [0.2, 0.25) is 0 Å². The van der Waals surface area contributed by atoms with Crippen molar-refractivity contribution in [3.05, 3.63) is 76.6 Å². The third-order valence-corrected chi connectivity index (χ3v) is 4.61. The first-order chi connectivity index (χ1) is 16.2. The van der Waals surface area contributed by atoms with E-state index < -0.39 is 28.6 Å². The van der Waals surface area contributed by atoms with Gasteiger partial charge < -0.3 is 20.6 Å². The zero-order valence-electron chi connectivity index (χ0n) is 17.1. The Morgan fingerprint density at radius 2 is 1.82 bits per heavy atom. The third kappa shape index (κ3) is 4.52. The van der Waals surface area contributed by atoms with Crippen LogP contribution in [0.3, 0.4) is 0 Å². The van der Waals surface area contributed by atoms with E-state index in [0.717, 1.165) is 23.1 Å². The minimum atomic E-state index is -1.26. The van der Waals surface area contributed by atoms with Crippen LogP contribution in [0, 0.1) is 15.9 Å². The predicted octanol–water partition coefficient (Wildman–Crippen LogP) is 4.71. The molecule has 0 atom stereocenters. The lowest BCUT2D eigenvalue weighted by molar-refractivity contribution is -0.384. The molecule has 3 amide bonds. The number of imidazole rings is 1. The number of benzene rings is 3. The topological polar surface area (TPSA) is 177 Å². The van der Waals surface area contributed by atoms with Crippen LogP contribution in [0.1, 0.15) is 0 Å². The number of carbonyl (C=O) groups is 2. The Hall–Kier alpha value is -5.20. The highest BCUT2D eigenvalue weighted by Gasteiger charge is 2.22. The number of nitro groups is 1. The number of amides is 3. The molecule has 1 aromatic heterocycles. The molecule has 0 saturated heterocycles. The average molecular weight is 466 g/mol. The van der Waals surface area contributed by atoms with Crippen molar-refractivity contribution in [3.63, 3.8) is 0 Å². The van der Waals surface area contributed by atoms with Crippen molar-refractivity contribution in [1.29, 1.82) is 0 Å². The highest BCUT2D eigenvalue weighted by molar-refractivity contribution is 5.99. The van der Waals surface area contributed by atoms with E-state index >= 15 is 0 Å². The zero-order valence-corrected chi connectivity index (χ0v) is 17.1. The summed E-state index contributed by atoms with van der Waals surface area (Å²) in [6.45, 7) is 0. The summed E-state index contributed by atoms with van der Waals surface area (Å²) in [5.41, 5.74) is 5.84. The van der Waals surface area contributed by atoms with E-state index in [1.165, 1.54) is 24.3 Å². The molecule has 0 fully saturated rings. The van der Waals surface area contributed by atoms with Gasteiger partial charge in [-0.3, -0.25) is 20.3 Å². The van der Waals surface area contributed by atoms with Gasteiger partial charge in [-0.25, -0.2) is 19.0 Å². The molecule has 13 heteroatoms. The van der Waals surface area contributed by atoms with Gasteiger partial charge in [-0.15, -0.1) is 0 Å². The maximum atomic E-state index is 14.4. The monoisotopic (exact) mass is 466 g/mol. The van der Waals surface area contributed by atoms with Crippen LogP contribution in [0.5, 0.6) is 11.5 Å². The molecule has 12 nitrogen and oxygen atoms in total. The maximum absolute atomic E-state index is 14.4. The van der Waals surface area contributed by atoms with Gasteiger partial charge in [0.15, 0.2) is 0 Å². The third-order valence-electron chi connectivity index (χ3n) is 4.61. The van der Waals surface area contributed by atoms with Gasteiger partial charge in [0.1, 0.15) is 17.3 Å². The van der Waals surface area contributed by atoms with E-state index in [1.807, 2.05) is 0 Å². The van der Waals surface area contributed by atoms with Gasteiger partial charge in [0, 0.05) is 18.2 Å². The number of aromatic amines is 1. The molecule has 0 aliphatic rings. The number of carboxylic acid groups (broad SMARTS) is 1. The van der Waals surface area contributed by atoms with E-state index in [1.54, 1.807) is 18.2 Å². The maximum Gasteiger partial charge on any atom is 0.411 e. The fraction of sp³-hybridized carbons (Fsp3) is 0. The number of nitro benzene ring substituents is 1. The standard InChI is InChI=1S/C21H15FN6O6/c22-15-7-3-12(28(32)33)9-18(15)27(19(23)29)11-1-4-13(5-2-11)34-14-6-8-16-17(10-14)25-20(24-16)26-21(30)31/h1-10H,(H2,23,29)(H,30,31)(H2,24,25,26). The number of primary amides is 1. The highest BCUT2D eigenvalue weighted by Crippen LogP contribution is 2.33. The molecule has 0 radical (unpaired) electrons. The smallest absolute Gasteiger partial charge is 0.411 e. The lowest BCUT2D eigenvalue weighted by Crippen LogP contribution is -2.32. The fourth-order valence-corrected chi connectivity index (χ4v) is 3.18. The van der Waals surface area contributed by atoms with Gasteiger partial charge in [0.25, 0.3) is 5.69 Å². The Bertz CT molecular complexity index is 1420. The zero-order chi connectivity index (χ0) is 24.4. The summed E-state index contributed by atoms with van der Waals surface area (Å²) in [4.78, 5) is 40.8. The van der Waals surface area contributed by atoms with Gasteiger partial charge in [0.2, 0.25) is 5.95 Å². The number of fused-ring (bicyclic) bond motifs is 1. The summed E-state index contributed by atoms with van der Waals surface area (Å²) in [6.07, 6.45) is -1.26. The first kappa shape index (κ1) is 22.0. The first-order valence-corrected chi connectivity index (χ1v) is 9.52. The Morgan fingerprint density at radius 3 is 2.47 bits per heavy atom. The molecule has 4 rings (SSSR count). The van der Waals surface area contributed by atoms with Crippen LogP contribution in [-0.2, 0) is 0 Å². The van der Waals surface area contributed by atoms with Gasteiger partial charge in [-0.05, 0) is 42.5 Å². The Balaban J connectivity index is 1.58. The number of hydrogen-bond donors (Lipinski definition) is 4. The van der Waals surface area contributed by atoms with Gasteiger partial charge in [-0.1, -0.05) is 0 Å². The molecule has 0 spiro atoms. The van der Waals surface area contributed by atoms with Crippen molar-refractivity contribution < 1.29 is 28.7 Å². The predicted molar refractivity (Wildman–Crippen MR) is 119 cm³/mol. The number of nitrogens with zero attached hydrogens (tertiary/aromatic N) is 3. The van der Waals surface area contributed by atoms with Crippen molar-refractivity contribution in [3.8, 4) is 11.5 Å². The van der Waals surface area contributed by atoms with Gasteiger partial charge in [-0.2, -0.15) is 0 Å². The van der Waals surface area contributed by atoms with Crippen LogP contribution in [0.15, 0.2) is 60.7 Å². The molecule has 1 heterocycles. The van der Waals surface area contributed by atoms with Crippen molar-refractivity contribution in [1.82, 2.24) is 9.97 Å². The number of rotatable bonds is 6. The van der Waals surface area contributed by atoms with Crippen LogP contribution < -0.4 is 20.7 Å². The largest absolute Gasteiger partial charge is 0.465 e. The SMILES string of the molecule is NC(=O)N(c1ccc(Oc2ccc3nc(NC(=O)O)[nH]c3c2)cc1)c1cc([N+](=O)[O-])ccc1F. The summed E-state index contributed by atoms with van der Waals surface area (Å²) in [7, 11) is 0. The van der Waals surface area contributed by atoms with E-state index in [0.29, 0.717) is 22.5 Å². The molecule has 3 aromatic carbocycles. The summed E-state index contributed by atoms with van der Waals surface area (Å²) in [5.74, 6) is -0.0454. The Morgan fingerprint density at radius 1 is 1.12 bits per heavy atom. The lowest BCUT2D eigenvalue weighted by atomic mass is 10.2. The number of hydrogen-bond acceptors (Lipinski definition) is 6. The molecular formula is C21H15FN6O6. The first-order valence-electron chi connectivity index (χ1n) is 9.52. The van der Waals surface area contributed by atoms with Gasteiger partial charge in [0.05, 0.1) is 27.3 Å². The highest BCUT2D eigenvalue weighted by atomic mass is 19.1. The number of nitrogens with one attached hydrogen (secondary N) is 2. The van der Waals surface area contributed by atoms with Crippen molar-refractivity contribution >= 4 is 46.2 Å². The molecule has 172 valence electrons. The quantitative estimate of drug-likeness (QED) is 0.235. The second-order valence-corrected chi connectivity index (χ2v) is 6.86. The number of H-pyrrole nitrogens is 1. The number of urea groups is 1. The van der Waals surface area contributed by atoms with E-state index in [9.17, 15) is 24.1 Å². The molecule has 0 aliphatic heterocycles. The minimum absolute atomic E-state index is 0.0592. The summed E-state index contributed by atoms with van der Waals surface area (Å²) < 4.78 is 20.1. The number of aromatic nitrogens is 2. The molecule has 34 heavy (non-hydrogen) atoms. The Kier molecular flexibility index (Phi) is 5.66. The van der Waals surface area contributed by atoms with Crippen molar-refractivity contribution in [2.75, 3.05) is 10.2 Å². The van der Waals surface area contributed by atoms with Crippen LogP contribution in [-0.4, -0.2) is 32.1 Å². The molecule has 0 unspecified atom stereocenters. The van der Waals surface area contributed by atoms with Crippen LogP contribution in [0.25, 0.3) is 11.0 Å². The second kappa shape index (κ2) is 8.74. The molecule has 5 N–H and O–H groups in total. The van der Waals surface area contributed by atoms with Crippen molar-refractivity contribution in [2.45, 2.75) is 0 Å². The Labute approximate surface area is 189 Å². The van der Waals surface area contributed by atoms with Gasteiger partial charge >= 0.3 is 12.1 Å². The van der Waals surface area contributed by atoms with Crippen molar-refractivity contribution in [2.24, 2.45) is 5.73 Å². The number of carbonyl (C=O) groups excluding carboxylic acids is 1. The number of halogens is 1. The molecule has 0 aliphatic carbocycles. The van der Waals surface area contributed by atoms with E-state index in [4.69, 9.17) is 15.6 Å². The van der Waals surface area contributed by atoms with E-state index in [-0.39, 0.29) is 17.3 Å². The number of nitrogens with two attached hydrogens (primary N) is 1. The van der Waals surface area contributed by atoms with Crippen LogP contribution >= 0.6 is 0 Å². The number of anilines is 3. The second-order valence-electron chi connectivity index (χ2n) is 6.86. The molecule has 0 bridgehead atoms. The molecule has 0 saturated carbocycles. The van der Waals surface area contributed by atoms with E-state index in [2.05, 4.69) is 15.3 Å². The normalized spacial score (nSPS) is 10.6. The molecular weight excluding hydrogens is 451 g/mol. The minimum Gasteiger partial charge on any atom is -0.465 e. The average Bonchev–Trinajstić information content (AvgIpc) is 3.16. The lowest BCUT2D eigenvalue weighted by Gasteiger charge is -2.21.